The topological polar surface area (TPSA) is 130 Å². The molecule has 4 atom stereocenters. The van der Waals surface area contributed by atoms with Gasteiger partial charge in [0, 0.05) is 59.1 Å². The first-order valence-corrected chi connectivity index (χ1v) is 32.8. The first-order valence-electron chi connectivity index (χ1n) is 32.8. The molecular weight excluding hydrogens is 1160 g/mol. The number of unbranched alkanes of at least 4 members (excludes halogenated alkanes) is 4. The number of rotatable bonds is 20. The van der Waals surface area contributed by atoms with Crippen LogP contribution in [0.15, 0.2) is 218 Å². The number of carbonyl (C=O) groups is 4. The molecule has 3 aliphatic carbocycles. The van der Waals surface area contributed by atoms with Crippen LogP contribution in [0.2, 0.25) is 0 Å². The minimum atomic E-state index is -0.783. The zero-order valence-corrected chi connectivity index (χ0v) is 53.1. The highest BCUT2D eigenvalue weighted by Crippen LogP contribution is 2.57. The largest absolute Gasteiger partial charge is 0.508 e. The molecule has 0 saturated heterocycles. The molecule has 0 radical (unpaired) electrons. The SMILES string of the molecule is CCCCCOC(=O)OC1CCC(OC(=O)OCCCCC)c2cc(N(c3ccc(C4(c5ccc(N(c6ccc7c(c6)C(OC(C)=O)CCC7OC(C)=O)c6ccc7ccccc7c6)cc5)c5ccccc5-c5ccccc54)cc3)c3ccc4ccccc4c3)ccc21. The number of anilines is 6. The van der Waals surface area contributed by atoms with Gasteiger partial charge in [-0.1, -0.05) is 185 Å². The fraction of sp³-hybridized carbons (Fsp3) is 0.259. The van der Waals surface area contributed by atoms with Crippen molar-refractivity contribution in [3.05, 3.63) is 263 Å². The van der Waals surface area contributed by atoms with Crippen molar-refractivity contribution in [3.63, 3.8) is 0 Å². The summed E-state index contributed by atoms with van der Waals surface area (Å²) in [6, 6.07) is 77.1. The van der Waals surface area contributed by atoms with Crippen LogP contribution in [0.25, 0.3) is 32.7 Å². The Morgan fingerprint density at radius 3 is 1.13 bits per heavy atom. The van der Waals surface area contributed by atoms with E-state index in [-0.39, 0.29) is 25.2 Å². The Hall–Kier alpha value is -10.2. The summed E-state index contributed by atoms with van der Waals surface area (Å²) in [5.74, 6) is -0.744. The third-order valence-corrected chi connectivity index (χ3v) is 18.5. The molecule has 0 aliphatic heterocycles. The van der Waals surface area contributed by atoms with Gasteiger partial charge in [0.1, 0.15) is 24.4 Å². The molecule has 0 heterocycles. The Balaban J connectivity index is 0.927. The van der Waals surface area contributed by atoms with Crippen LogP contribution in [-0.2, 0) is 43.4 Å². The number of hydrogen-bond donors (Lipinski definition) is 0. The fourth-order valence-corrected chi connectivity index (χ4v) is 14.3. The van der Waals surface area contributed by atoms with Gasteiger partial charge in [-0.3, -0.25) is 9.59 Å². The van der Waals surface area contributed by atoms with E-state index in [0.717, 1.165) is 150 Å². The average Bonchev–Trinajstić information content (AvgIpc) is 1.56. The molecular formula is C81H76N2O10. The molecule has 4 unspecified atom stereocenters. The van der Waals surface area contributed by atoms with Gasteiger partial charge in [-0.25, -0.2) is 9.59 Å². The van der Waals surface area contributed by atoms with Crippen molar-refractivity contribution in [3.8, 4) is 11.1 Å². The Morgan fingerprint density at radius 2 is 0.710 bits per heavy atom. The number of benzene rings is 10. The number of nitrogens with zero attached hydrogens (tertiary/aromatic N) is 2. The molecule has 0 N–H and O–H groups in total. The Kier molecular flexibility index (Phi) is 18.1. The maximum absolute atomic E-state index is 13.5. The summed E-state index contributed by atoms with van der Waals surface area (Å²) in [7, 11) is 0. The van der Waals surface area contributed by atoms with Crippen LogP contribution in [0, 0.1) is 0 Å². The van der Waals surface area contributed by atoms with Gasteiger partial charge in [-0.05, 0) is 177 Å². The van der Waals surface area contributed by atoms with Crippen LogP contribution in [-0.4, -0.2) is 37.5 Å². The van der Waals surface area contributed by atoms with Gasteiger partial charge < -0.3 is 38.2 Å². The molecule has 0 spiro atoms. The van der Waals surface area contributed by atoms with E-state index in [9.17, 15) is 19.2 Å². The Morgan fingerprint density at radius 1 is 0.366 bits per heavy atom. The highest BCUT2D eigenvalue weighted by Gasteiger charge is 2.46. The van der Waals surface area contributed by atoms with E-state index in [1.54, 1.807) is 0 Å². The van der Waals surface area contributed by atoms with Crippen LogP contribution in [0.5, 0.6) is 0 Å². The van der Waals surface area contributed by atoms with Gasteiger partial charge >= 0.3 is 24.2 Å². The van der Waals surface area contributed by atoms with Gasteiger partial charge in [0.2, 0.25) is 0 Å². The van der Waals surface area contributed by atoms with Crippen molar-refractivity contribution in [2.45, 2.75) is 122 Å². The second-order valence-electron chi connectivity index (χ2n) is 24.5. The number of ether oxygens (including phenoxy) is 6. The normalized spacial score (nSPS) is 16.6. The van der Waals surface area contributed by atoms with Crippen LogP contribution in [0.4, 0.5) is 43.7 Å². The second-order valence-corrected chi connectivity index (χ2v) is 24.5. The van der Waals surface area contributed by atoms with Crippen LogP contribution < -0.4 is 9.80 Å². The predicted octanol–water partition coefficient (Wildman–Crippen LogP) is 20.9. The highest BCUT2D eigenvalue weighted by atomic mass is 16.7. The maximum Gasteiger partial charge on any atom is 0.508 e. The van der Waals surface area contributed by atoms with Crippen molar-refractivity contribution >= 4 is 79.9 Å². The Bertz CT molecular complexity index is 4340. The van der Waals surface area contributed by atoms with Crippen molar-refractivity contribution in [2.24, 2.45) is 0 Å². The zero-order chi connectivity index (χ0) is 64.0. The zero-order valence-electron chi connectivity index (χ0n) is 53.1. The molecule has 12 nitrogen and oxygen atoms in total. The van der Waals surface area contributed by atoms with E-state index >= 15 is 0 Å². The summed E-state index contributed by atoms with van der Waals surface area (Å²) in [4.78, 5) is 56.2. The molecule has 10 aromatic rings. The standard InChI is InChI=1S/C81H76N2O10/c1-5-7-17-47-88-79(86)92-76-44-46-78(93-80(87)89-48-18-8-6-2)72-52-66(40-42-70(72)76)83(64-34-28-56-20-10-12-22-58(56)50-64)62-37-31-60(32-38-62)81(73-25-15-13-23-67(73)68-24-14-16-26-74(68)81)59-29-35-61(36-30-59)82(63-33-27-55-19-9-11-21-57(55)49-63)65-39-41-69-71(51-65)77(91-54(4)85)45-43-75(69)90-53(3)84/h9-16,19-42,49-52,75-78H,5-8,17-18,43-48H2,1-4H3. The summed E-state index contributed by atoms with van der Waals surface area (Å²) >= 11 is 0. The summed E-state index contributed by atoms with van der Waals surface area (Å²) < 4.78 is 35.2. The first kappa shape index (κ1) is 61.6. The second kappa shape index (κ2) is 27.3. The lowest BCUT2D eigenvalue weighted by atomic mass is 9.67. The minimum Gasteiger partial charge on any atom is -0.458 e. The molecule has 0 fully saturated rings. The smallest absolute Gasteiger partial charge is 0.458 e. The number of fused-ring (bicyclic) bond motifs is 7. The van der Waals surface area contributed by atoms with Gasteiger partial charge in [0.05, 0.1) is 18.6 Å². The van der Waals surface area contributed by atoms with E-state index in [1.165, 1.54) is 13.8 Å². The molecule has 0 saturated carbocycles. The number of hydrogen-bond acceptors (Lipinski definition) is 12. The molecule has 0 aromatic heterocycles. The van der Waals surface area contributed by atoms with Crippen molar-refractivity contribution in [1.29, 1.82) is 0 Å². The lowest BCUT2D eigenvalue weighted by Gasteiger charge is -2.35. The average molecular weight is 1240 g/mol. The minimum absolute atomic E-state index is 0.266. The van der Waals surface area contributed by atoms with Crippen LogP contribution in [0.3, 0.4) is 0 Å². The van der Waals surface area contributed by atoms with E-state index in [1.807, 2.05) is 42.5 Å². The summed E-state index contributed by atoms with van der Waals surface area (Å²) in [5.41, 5.74) is 14.4. The third kappa shape index (κ3) is 12.5. The summed E-state index contributed by atoms with van der Waals surface area (Å²) in [5, 5.41) is 4.37. The van der Waals surface area contributed by atoms with Crippen molar-refractivity contribution in [1.82, 2.24) is 0 Å². The lowest BCUT2D eigenvalue weighted by molar-refractivity contribution is -0.153. The molecule has 3 aliphatic rings. The molecule has 0 amide bonds. The highest BCUT2D eigenvalue weighted by molar-refractivity contribution is 5.92. The first-order chi connectivity index (χ1) is 45.5. The van der Waals surface area contributed by atoms with Crippen LogP contribution in [0.1, 0.15) is 161 Å². The monoisotopic (exact) mass is 1240 g/mol. The summed E-state index contributed by atoms with van der Waals surface area (Å²) in [6.07, 6.45) is 3.48. The molecule has 12 heteroatoms. The lowest BCUT2D eigenvalue weighted by Crippen LogP contribution is -2.28. The van der Waals surface area contributed by atoms with Crippen LogP contribution >= 0.6 is 0 Å². The molecule has 10 aromatic carbocycles. The van der Waals surface area contributed by atoms with Gasteiger partial charge in [0.15, 0.2) is 0 Å². The van der Waals surface area contributed by atoms with E-state index in [0.29, 0.717) is 25.7 Å². The Labute approximate surface area is 543 Å². The fourth-order valence-electron chi connectivity index (χ4n) is 14.3. The number of carbonyl (C=O) groups excluding carboxylic acids is 4. The predicted molar refractivity (Wildman–Crippen MR) is 365 cm³/mol. The molecule has 93 heavy (non-hydrogen) atoms. The van der Waals surface area contributed by atoms with E-state index in [4.69, 9.17) is 28.4 Å². The van der Waals surface area contributed by atoms with E-state index in [2.05, 4.69) is 200 Å². The third-order valence-electron chi connectivity index (χ3n) is 18.5. The van der Waals surface area contributed by atoms with Gasteiger partial charge in [0.25, 0.3) is 0 Å². The quantitative estimate of drug-likeness (QED) is 0.0409. The van der Waals surface area contributed by atoms with Crippen molar-refractivity contribution < 1.29 is 47.6 Å². The molecule has 13 rings (SSSR count). The molecule has 470 valence electrons. The number of esters is 2. The van der Waals surface area contributed by atoms with E-state index < -0.39 is 42.1 Å². The van der Waals surface area contributed by atoms with Gasteiger partial charge in [-0.15, -0.1) is 0 Å². The van der Waals surface area contributed by atoms with Crippen molar-refractivity contribution in [2.75, 3.05) is 23.0 Å². The van der Waals surface area contributed by atoms with Gasteiger partial charge in [-0.2, -0.15) is 0 Å². The summed E-state index contributed by atoms with van der Waals surface area (Å²) in [6.45, 7) is 7.60. The molecule has 0 bridgehead atoms. The maximum atomic E-state index is 13.5.